The van der Waals surface area contributed by atoms with Crippen LogP contribution in [-0.4, -0.2) is 22.8 Å². The van der Waals surface area contributed by atoms with Gasteiger partial charge in [0.2, 0.25) is 0 Å². The minimum absolute atomic E-state index is 0.0950. The third-order valence-corrected chi connectivity index (χ3v) is 4.53. The Kier molecular flexibility index (Phi) is 3.96. The zero-order valence-corrected chi connectivity index (χ0v) is 14.8. The van der Waals surface area contributed by atoms with Crippen LogP contribution in [0.2, 0.25) is 0 Å². The van der Waals surface area contributed by atoms with Gasteiger partial charge in [-0.05, 0) is 56.2 Å². The van der Waals surface area contributed by atoms with E-state index in [1.165, 1.54) is 16.8 Å². The van der Waals surface area contributed by atoms with Crippen LogP contribution in [0.1, 0.15) is 19.4 Å². The van der Waals surface area contributed by atoms with Crippen LogP contribution >= 0.6 is 0 Å². The summed E-state index contributed by atoms with van der Waals surface area (Å²) in [6, 6.07) is 12.4. The van der Waals surface area contributed by atoms with E-state index < -0.39 is 0 Å². The molecule has 2 aromatic heterocycles. The number of aromatic nitrogens is 2. The summed E-state index contributed by atoms with van der Waals surface area (Å²) in [6.45, 7) is 5.02. The molecule has 0 fully saturated rings. The minimum Gasteiger partial charge on any atom is -0.493 e. The van der Waals surface area contributed by atoms with Gasteiger partial charge in [-0.2, -0.15) is 0 Å². The Labute approximate surface area is 148 Å². The molecule has 0 aliphatic carbocycles. The van der Waals surface area contributed by atoms with Gasteiger partial charge in [-0.25, -0.2) is 0 Å². The molecule has 3 heterocycles. The number of nitrogens with zero attached hydrogens (tertiary/aromatic N) is 2. The van der Waals surface area contributed by atoms with E-state index in [2.05, 4.69) is 40.0 Å². The maximum Gasteiger partial charge on any atom is 0.162 e. The molecular formula is C21H22N2O2. The highest BCUT2D eigenvalue weighted by molar-refractivity contribution is 5.83. The SMILES string of the molecule is COc1cc2c(cc1OC(C)C)-c1c(-c3ccccn3)ccn1CC2. The lowest BCUT2D eigenvalue weighted by Gasteiger charge is -2.23. The molecule has 1 aliphatic rings. The molecule has 25 heavy (non-hydrogen) atoms. The fourth-order valence-corrected chi connectivity index (χ4v) is 3.46. The smallest absolute Gasteiger partial charge is 0.162 e. The lowest BCUT2D eigenvalue weighted by molar-refractivity contribution is 0.230. The van der Waals surface area contributed by atoms with Crippen LogP contribution in [0.25, 0.3) is 22.5 Å². The highest BCUT2D eigenvalue weighted by Crippen LogP contribution is 2.42. The molecule has 4 rings (SSSR count). The first-order valence-corrected chi connectivity index (χ1v) is 8.66. The molecule has 128 valence electrons. The Morgan fingerprint density at radius 2 is 1.96 bits per heavy atom. The van der Waals surface area contributed by atoms with Crippen molar-refractivity contribution in [1.29, 1.82) is 0 Å². The van der Waals surface area contributed by atoms with Crippen molar-refractivity contribution in [3.05, 3.63) is 54.4 Å². The number of fused-ring (bicyclic) bond motifs is 3. The van der Waals surface area contributed by atoms with Crippen molar-refractivity contribution < 1.29 is 9.47 Å². The van der Waals surface area contributed by atoms with Crippen LogP contribution < -0.4 is 9.47 Å². The number of hydrogen-bond donors (Lipinski definition) is 0. The normalized spacial score (nSPS) is 12.6. The summed E-state index contributed by atoms with van der Waals surface area (Å²) in [5, 5.41) is 0. The van der Waals surface area contributed by atoms with Crippen molar-refractivity contribution in [3.8, 4) is 34.0 Å². The average molecular weight is 334 g/mol. The van der Waals surface area contributed by atoms with E-state index in [1.54, 1.807) is 7.11 Å². The van der Waals surface area contributed by atoms with Crippen molar-refractivity contribution in [2.75, 3.05) is 7.11 Å². The summed E-state index contributed by atoms with van der Waals surface area (Å²) in [7, 11) is 1.69. The van der Waals surface area contributed by atoms with Gasteiger partial charge in [0.1, 0.15) is 0 Å². The Bertz CT molecular complexity index is 898. The number of hydrogen-bond acceptors (Lipinski definition) is 3. The topological polar surface area (TPSA) is 36.3 Å². The first kappa shape index (κ1) is 15.8. The number of rotatable bonds is 4. The summed E-state index contributed by atoms with van der Waals surface area (Å²) < 4.78 is 13.8. The average Bonchev–Trinajstić information content (AvgIpc) is 3.06. The largest absolute Gasteiger partial charge is 0.493 e. The van der Waals surface area contributed by atoms with Gasteiger partial charge in [0.15, 0.2) is 11.5 Å². The third kappa shape index (κ3) is 2.78. The second-order valence-corrected chi connectivity index (χ2v) is 6.56. The summed E-state index contributed by atoms with van der Waals surface area (Å²) in [6.07, 6.45) is 5.06. The second-order valence-electron chi connectivity index (χ2n) is 6.56. The molecule has 1 aliphatic heterocycles. The van der Waals surface area contributed by atoms with Crippen molar-refractivity contribution in [1.82, 2.24) is 9.55 Å². The molecule has 0 radical (unpaired) electrons. The minimum atomic E-state index is 0.0950. The number of aryl methyl sites for hydroxylation is 2. The first-order valence-electron chi connectivity index (χ1n) is 8.66. The van der Waals surface area contributed by atoms with E-state index in [4.69, 9.17) is 9.47 Å². The molecule has 4 heteroatoms. The molecule has 4 nitrogen and oxygen atoms in total. The molecule has 0 bridgehead atoms. The van der Waals surface area contributed by atoms with Crippen molar-refractivity contribution >= 4 is 0 Å². The quantitative estimate of drug-likeness (QED) is 0.701. The standard InChI is InChI=1S/C21H22N2O2/c1-14(2)25-20-13-17-15(12-19(20)24-3)7-10-23-11-8-16(21(17)23)18-6-4-5-9-22-18/h4-6,8-9,11-14H,7,10H2,1-3H3. The molecule has 1 aromatic carbocycles. The van der Waals surface area contributed by atoms with Gasteiger partial charge in [0, 0.05) is 30.1 Å². The van der Waals surface area contributed by atoms with Gasteiger partial charge >= 0.3 is 0 Å². The van der Waals surface area contributed by atoms with E-state index in [0.29, 0.717) is 0 Å². The predicted molar refractivity (Wildman–Crippen MR) is 99.1 cm³/mol. The third-order valence-electron chi connectivity index (χ3n) is 4.53. The fraction of sp³-hybridized carbons (Fsp3) is 0.286. The van der Waals surface area contributed by atoms with Crippen LogP contribution in [-0.2, 0) is 13.0 Å². The number of pyridine rings is 1. The summed E-state index contributed by atoms with van der Waals surface area (Å²) >= 11 is 0. The number of benzene rings is 1. The zero-order valence-electron chi connectivity index (χ0n) is 14.8. The maximum atomic E-state index is 5.99. The first-order chi connectivity index (χ1) is 12.2. The van der Waals surface area contributed by atoms with Crippen molar-refractivity contribution in [2.24, 2.45) is 0 Å². The molecule has 0 saturated heterocycles. The highest BCUT2D eigenvalue weighted by Gasteiger charge is 2.23. The Morgan fingerprint density at radius 1 is 1.08 bits per heavy atom. The maximum absolute atomic E-state index is 5.99. The van der Waals surface area contributed by atoms with E-state index in [1.807, 2.05) is 32.2 Å². The lowest BCUT2D eigenvalue weighted by Crippen LogP contribution is -2.12. The van der Waals surface area contributed by atoms with Gasteiger partial charge < -0.3 is 14.0 Å². The summed E-state index contributed by atoms with van der Waals surface area (Å²) in [4.78, 5) is 4.54. The Morgan fingerprint density at radius 3 is 2.68 bits per heavy atom. The van der Waals surface area contributed by atoms with Crippen LogP contribution in [0.15, 0.2) is 48.8 Å². The van der Waals surface area contributed by atoms with Gasteiger partial charge in [0.05, 0.1) is 24.6 Å². The van der Waals surface area contributed by atoms with Crippen molar-refractivity contribution in [2.45, 2.75) is 32.9 Å². The molecule has 0 spiro atoms. The zero-order chi connectivity index (χ0) is 17.4. The summed E-state index contributed by atoms with van der Waals surface area (Å²) in [5.41, 5.74) is 5.84. The van der Waals surface area contributed by atoms with E-state index in [0.717, 1.165) is 35.7 Å². The molecule has 0 N–H and O–H groups in total. The number of methoxy groups -OCH3 is 1. The van der Waals surface area contributed by atoms with Gasteiger partial charge in [-0.15, -0.1) is 0 Å². The monoisotopic (exact) mass is 334 g/mol. The molecule has 0 amide bonds. The summed E-state index contributed by atoms with van der Waals surface area (Å²) in [5.74, 6) is 1.59. The fourth-order valence-electron chi connectivity index (χ4n) is 3.46. The van der Waals surface area contributed by atoms with E-state index in [-0.39, 0.29) is 6.10 Å². The Balaban J connectivity index is 1.89. The van der Waals surface area contributed by atoms with Gasteiger partial charge in [-0.3, -0.25) is 4.98 Å². The van der Waals surface area contributed by atoms with Crippen LogP contribution in [0.3, 0.4) is 0 Å². The molecule has 0 saturated carbocycles. The predicted octanol–water partition coefficient (Wildman–Crippen LogP) is 4.57. The van der Waals surface area contributed by atoms with E-state index >= 15 is 0 Å². The van der Waals surface area contributed by atoms with Crippen LogP contribution in [0.5, 0.6) is 11.5 Å². The molecule has 3 aromatic rings. The Hall–Kier alpha value is -2.75. The second kappa shape index (κ2) is 6.28. The van der Waals surface area contributed by atoms with Crippen LogP contribution in [0, 0.1) is 0 Å². The van der Waals surface area contributed by atoms with E-state index in [9.17, 15) is 0 Å². The lowest BCUT2D eigenvalue weighted by atomic mass is 9.94. The molecule has 0 unspecified atom stereocenters. The number of ether oxygens (including phenoxy) is 2. The molecule has 0 atom stereocenters. The van der Waals surface area contributed by atoms with Crippen molar-refractivity contribution in [3.63, 3.8) is 0 Å². The van der Waals surface area contributed by atoms with Gasteiger partial charge in [0.25, 0.3) is 0 Å². The van der Waals surface area contributed by atoms with Gasteiger partial charge in [-0.1, -0.05) is 6.07 Å². The van der Waals surface area contributed by atoms with Crippen LogP contribution in [0.4, 0.5) is 0 Å². The highest BCUT2D eigenvalue weighted by atomic mass is 16.5. The molecular weight excluding hydrogens is 312 g/mol.